The fourth-order valence-electron chi connectivity index (χ4n) is 3.71. The maximum absolute atomic E-state index is 12.7. The van der Waals surface area contributed by atoms with Crippen molar-refractivity contribution in [3.63, 3.8) is 0 Å². The summed E-state index contributed by atoms with van der Waals surface area (Å²) in [5, 5.41) is 0. The van der Waals surface area contributed by atoms with E-state index < -0.39 is 0 Å². The molecule has 4 nitrogen and oxygen atoms in total. The highest BCUT2D eigenvalue weighted by Crippen LogP contribution is 2.35. The molecule has 1 aromatic carbocycles. The topological polar surface area (TPSA) is 36.7 Å². The lowest BCUT2D eigenvalue weighted by atomic mass is 10.0. The minimum Gasteiger partial charge on any atom is -0.465 e. The Morgan fingerprint density at radius 1 is 1.09 bits per heavy atom. The molecule has 0 saturated carbocycles. The molecule has 2 atom stereocenters. The summed E-state index contributed by atoms with van der Waals surface area (Å²) in [7, 11) is 0. The highest BCUT2D eigenvalue weighted by Gasteiger charge is 2.46. The second kappa shape index (κ2) is 5.29. The van der Waals surface area contributed by atoms with Gasteiger partial charge in [0.25, 0.3) is 0 Å². The molecule has 0 N–H and O–H groups in total. The van der Waals surface area contributed by atoms with Gasteiger partial charge in [-0.05, 0) is 31.2 Å². The number of anilines is 1. The molecular formula is C18H20N2O2. The van der Waals surface area contributed by atoms with Crippen molar-refractivity contribution in [1.82, 2.24) is 4.90 Å². The summed E-state index contributed by atoms with van der Waals surface area (Å²) in [6, 6.07) is 14.0. The molecule has 22 heavy (non-hydrogen) atoms. The normalized spacial score (nSPS) is 25.0. The average molecular weight is 296 g/mol. The first-order valence-electron chi connectivity index (χ1n) is 7.85. The van der Waals surface area contributed by atoms with Gasteiger partial charge in [0.05, 0.1) is 12.5 Å². The van der Waals surface area contributed by atoms with Crippen LogP contribution in [-0.2, 0) is 11.3 Å². The monoisotopic (exact) mass is 296 g/mol. The van der Waals surface area contributed by atoms with E-state index in [0.717, 1.165) is 43.4 Å². The molecule has 0 radical (unpaired) electrons. The van der Waals surface area contributed by atoms with Gasteiger partial charge in [0.15, 0.2) is 0 Å². The van der Waals surface area contributed by atoms with Gasteiger partial charge in [0, 0.05) is 31.2 Å². The third-order valence-electron chi connectivity index (χ3n) is 4.76. The molecule has 2 aliphatic rings. The second-order valence-corrected chi connectivity index (χ2v) is 6.36. The third kappa shape index (κ3) is 2.33. The number of hydrogen-bond acceptors (Lipinski definition) is 3. The Labute approximate surface area is 130 Å². The van der Waals surface area contributed by atoms with Crippen LogP contribution in [0.5, 0.6) is 0 Å². The molecule has 1 aromatic heterocycles. The van der Waals surface area contributed by atoms with Crippen LogP contribution in [0.2, 0.25) is 0 Å². The van der Waals surface area contributed by atoms with Crippen LogP contribution < -0.4 is 4.90 Å². The first-order valence-corrected chi connectivity index (χ1v) is 7.85. The van der Waals surface area contributed by atoms with Gasteiger partial charge in [-0.3, -0.25) is 9.69 Å². The van der Waals surface area contributed by atoms with E-state index in [9.17, 15) is 4.79 Å². The Bertz CT molecular complexity index is 679. The number of para-hydroxylation sites is 1. The number of benzene rings is 1. The van der Waals surface area contributed by atoms with Crippen molar-refractivity contribution in [3.8, 4) is 0 Å². The molecular weight excluding hydrogens is 276 g/mol. The minimum absolute atomic E-state index is 0.135. The summed E-state index contributed by atoms with van der Waals surface area (Å²) < 4.78 is 5.65. The van der Waals surface area contributed by atoms with Gasteiger partial charge in [-0.2, -0.15) is 0 Å². The SMILES string of the molecule is Cc1ccc(CN2C[C@H]3CN(c4ccccc4)C(=O)[C@H]3C2)o1. The molecule has 0 aliphatic carbocycles. The van der Waals surface area contributed by atoms with Crippen LogP contribution in [0.25, 0.3) is 0 Å². The number of hydrogen-bond donors (Lipinski definition) is 0. The van der Waals surface area contributed by atoms with E-state index in [0.29, 0.717) is 5.92 Å². The summed E-state index contributed by atoms with van der Waals surface area (Å²) >= 11 is 0. The molecule has 1 amide bonds. The molecule has 2 aliphatic heterocycles. The van der Waals surface area contributed by atoms with Crippen LogP contribution in [0.1, 0.15) is 11.5 Å². The Morgan fingerprint density at radius 3 is 2.59 bits per heavy atom. The van der Waals surface area contributed by atoms with E-state index in [1.165, 1.54) is 0 Å². The van der Waals surface area contributed by atoms with Crippen LogP contribution in [-0.4, -0.2) is 30.4 Å². The maximum Gasteiger partial charge on any atom is 0.231 e. The Morgan fingerprint density at radius 2 is 1.91 bits per heavy atom. The average Bonchev–Trinajstić information content (AvgIpc) is 3.18. The van der Waals surface area contributed by atoms with Crippen molar-refractivity contribution in [2.24, 2.45) is 11.8 Å². The standard InChI is InChI=1S/C18H20N2O2/c1-13-7-8-16(22-13)11-19-9-14-10-20(18(21)17(14)12-19)15-5-3-2-4-6-15/h2-8,14,17H,9-12H2,1H3/t14-,17-/m0/s1. The minimum atomic E-state index is 0.135. The second-order valence-electron chi connectivity index (χ2n) is 6.36. The summed E-state index contributed by atoms with van der Waals surface area (Å²) in [6.07, 6.45) is 0. The van der Waals surface area contributed by atoms with Crippen molar-refractivity contribution >= 4 is 11.6 Å². The summed E-state index contributed by atoms with van der Waals surface area (Å²) in [6.45, 7) is 5.41. The Hall–Kier alpha value is -2.07. The van der Waals surface area contributed by atoms with Gasteiger partial charge in [-0.25, -0.2) is 0 Å². The van der Waals surface area contributed by atoms with Gasteiger partial charge >= 0.3 is 0 Å². The zero-order valence-electron chi connectivity index (χ0n) is 12.7. The molecule has 4 heteroatoms. The summed E-state index contributed by atoms with van der Waals surface area (Å²) in [5.74, 6) is 2.78. The zero-order chi connectivity index (χ0) is 15.1. The number of carbonyl (C=O) groups is 1. The number of fused-ring (bicyclic) bond motifs is 1. The van der Waals surface area contributed by atoms with Crippen LogP contribution in [0.3, 0.4) is 0 Å². The Kier molecular flexibility index (Phi) is 3.26. The lowest BCUT2D eigenvalue weighted by Crippen LogP contribution is -2.32. The van der Waals surface area contributed by atoms with Gasteiger partial charge < -0.3 is 9.32 Å². The van der Waals surface area contributed by atoms with E-state index >= 15 is 0 Å². The number of amides is 1. The van der Waals surface area contributed by atoms with Crippen LogP contribution >= 0.6 is 0 Å². The number of carbonyl (C=O) groups excluding carboxylic acids is 1. The van der Waals surface area contributed by atoms with E-state index in [4.69, 9.17) is 4.42 Å². The zero-order valence-corrected chi connectivity index (χ0v) is 12.7. The highest BCUT2D eigenvalue weighted by molar-refractivity contribution is 5.98. The molecule has 3 heterocycles. The first kappa shape index (κ1) is 13.6. The highest BCUT2D eigenvalue weighted by atomic mass is 16.3. The van der Waals surface area contributed by atoms with Crippen molar-refractivity contribution in [2.75, 3.05) is 24.5 Å². The van der Waals surface area contributed by atoms with Crippen LogP contribution in [0, 0.1) is 18.8 Å². The number of likely N-dealkylation sites (tertiary alicyclic amines) is 1. The number of furan rings is 1. The fraction of sp³-hybridized carbons (Fsp3) is 0.389. The van der Waals surface area contributed by atoms with Gasteiger partial charge in [0.1, 0.15) is 11.5 Å². The van der Waals surface area contributed by atoms with Gasteiger partial charge in [-0.1, -0.05) is 18.2 Å². The van der Waals surface area contributed by atoms with E-state index in [-0.39, 0.29) is 11.8 Å². The molecule has 2 aromatic rings. The van der Waals surface area contributed by atoms with Crippen molar-refractivity contribution < 1.29 is 9.21 Å². The fourth-order valence-corrected chi connectivity index (χ4v) is 3.71. The number of rotatable bonds is 3. The molecule has 2 fully saturated rings. The molecule has 0 unspecified atom stereocenters. The lowest BCUT2D eigenvalue weighted by molar-refractivity contribution is -0.120. The van der Waals surface area contributed by atoms with Crippen molar-refractivity contribution in [1.29, 1.82) is 0 Å². The van der Waals surface area contributed by atoms with E-state index in [1.54, 1.807) is 0 Å². The molecule has 2 saturated heterocycles. The molecule has 0 bridgehead atoms. The van der Waals surface area contributed by atoms with Crippen molar-refractivity contribution in [3.05, 3.63) is 54.0 Å². The summed E-state index contributed by atoms with van der Waals surface area (Å²) in [4.78, 5) is 17.0. The lowest BCUT2D eigenvalue weighted by Gasteiger charge is -2.21. The predicted octanol–water partition coefficient (Wildman–Crippen LogP) is 2.68. The first-order chi connectivity index (χ1) is 10.7. The van der Waals surface area contributed by atoms with Crippen molar-refractivity contribution in [2.45, 2.75) is 13.5 Å². The van der Waals surface area contributed by atoms with Crippen LogP contribution in [0.15, 0.2) is 46.9 Å². The predicted molar refractivity (Wildman–Crippen MR) is 84.5 cm³/mol. The number of nitrogens with zero attached hydrogens (tertiary/aromatic N) is 2. The summed E-state index contributed by atoms with van der Waals surface area (Å²) in [5.41, 5.74) is 1.02. The maximum atomic E-state index is 12.7. The van der Waals surface area contributed by atoms with E-state index in [2.05, 4.69) is 4.90 Å². The quantitative estimate of drug-likeness (QED) is 0.874. The molecule has 4 rings (SSSR count). The largest absolute Gasteiger partial charge is 0.465 e. The molecule has 114 valence electrons. The number of aryl methyl sites for hydroxylation is 1. The van der Waals surface area contributed by atoms with Gasteiger partial charge in [0.2, 0.25) is 5.91 Å². The smallest absolute Gasteiger partial charge is 0.231 e. The third-order valence-corrected chi connectivity index (χ3v) is 4.76. The van der Waals surface area contributed by atoms with Crippen LogP contribution in [0.4, 0.5) is 5.69 Å². The van der Waals surface area contributed by atoms with E-state index in [1.807, 2.05) is 54.3 Å². The van der Waals surface area contributed by atoms with Gasteiger partial charge in [-0.15, -0.1) is 0 Å². The Balaban J connectivity index is 1.44. The molecule has 0 spiro atoms.